The molecule has 0 saturated heterocycles. The minimum atomic E-state index is 0.509. The van der Waals surface area contributed by atoms with Gasteiger partial charge in [0.15, 0.2) is 0 Å². The standard InChI is InChI=1S/C11H20/c1-9-6-5-7-10(8-9)11(2,3)4/h6,10H,5,7-8H2,1-4H3. The molecule has 0 spiro atoms. The Kier molecular flexibility index (Phi) is 2.41. The molecule has 0 N–H and O–H groups in total. The smallest absolute Gasteiger partial charge is 0.0289 e. The molecule has 11 heavy (non-hydrogen) atoms. The molecule has 0 bridgehead atoms. The third-order valence-corrected chi connectivity index (χ3v) is 2.80. The van der Waals surface area contributed by atoms with Crippen molar-refractivity contribution in [2.24, 2.45) is 11.3 Å². The lowest BCUT2D eigenvalue weighted by Crippen LogP contribution is -2.22. The van der Waals surface area contributed by atoms with Crippen molar-refractivity contribution in [3.63, 3.8) is 0 Å². The van der Waals surface area contributed by atoms with Crippen molar-refractivity contribution < 1.29 is 0 Å². The summed E-state index contributed by atoms with van der Waals surface area (Å²) >= 11 is 0. The summed E-state index contributed by atoms with van der Waals surface area (Å²) in [7, 11) is 0. The summed E-state index contributed by atoms with van der Waals surface area (Å²) in [5.41, 5.74) is 2.10. The molecule has 0 radical (unpaired) electrons. The van der Waals surface area contributed by atoms with Crippen LogP contribution in [0.15, 0.2) is 11.6 Å². The number of hydrogen-bond acceptors (Lipinski definition) is 0. The zero-order valence-corrected chi connectivity index (χ0v) is 8.28. The molecule has 0 aliphatic heterocycles. The van der Waals surface area contributed by atoms with Crippen LogP contribution in [0.2, 0.25) is 0 Å². The van der Waals surface area contributed by atoms with E-state index >= 15 is 0 Å². The van der Waals surface area contributed by atoms with Gasteiger partial charge in [-0.05, 0) is 37.5 Å². The maximum Gasteiger partial charge on any atom is -0.0289 e. The molecule has 1 atom stereocenters. The maximum absolute atomic E-state index is 2.39. The van der Waals surface area contributed by atoms with Gasteiger partial charge in [0.2, 0.25) is 0 Å². The van der Waals surface area contributed by atoms with Crippen molar-refractivity contribution >= 4 is 0 Å². The van der Waals surface area contributed by atoms with Crippen LogP contribution in [0, 0.1) is 11.3 Å². The van der Waals surface area contributed by atoms with Crippen molar-refractivity contribution in [1.82, 2.24) is 0 Å². The Labute approximate surface area is 70.7 Å². The third kappa shape index (κ3) is 2.36. The van der Waals surface area contributed by atoms with E-state index in [9.17, 15) is 0 Å². The van der Waals surface area contributed by atoms with Gasteiger partial charge in [-0.3, -0.25) is 0 Å². The monoisotopic (exact) mass is 152 g/mol. The molecule has 0 heterocycles. The van der Waals surface area contributed by atoms with E-state index in [4.69, 9.17) is 0 Å². The molecule has 0 amide bonds. The first kappa shape index (κ1) is 8.83. The summed E-state index contributed by atoms with van der Waals surface area (Å²) in [5, 5.41) is 0. The number of rotatable bonds is 0. The lowest BCUT2D eigenvalue weighted by molar-refractivity contribution is 0.218. The number of allylic oxidation sites excluding steroid dienone is 2. The first-order valence-corrected chi connectivity index (χ1v) is 4.66. The maximum atomic E-state index is 2.39. The Bertz CT molecular complexity index is 157. The second kappa shape index (κ2) is 3.00. The highest BCUT2D eigenvalue weighted by atomic mass is 14.3. The van der Waals surface area contributed by atoms with Gasteiger partial charge in [0.05, 0.1) is 0 Å². The lowest BCUT2D eigenvalue weighted by Gasteiger charge is -2.33. The summed E-state index contributed by atoms with van der Waals surface area (Å²) in [4.78, 5) is 0. The second-order valence-corrected chi connectivity index (χ2v) is 4.89. The SMILES string of the molecule is CC1=CCCC(C(C)(C)C)C1. The van der Waals surface area contributed by atoms with Crippen LogP contribution < -0.4 is 0 Å². The zero-order chi connectivity index (χ0) is 8.48. The highest BCUT2D eigenvalue weighted by Gasteiger charge is 2.25. The van der Waals surface area contributed by atoms with Crippen LogP contribution in [0.25, 0.3) is 0 Å². The fourth-order valence-electron chi connectivity index (χ4n) is 1.84. The fraction of sp³-hybridized carbons (Fsp3) is 0.818. The van der Waals surface area contributed by atoms with E-state index in [1.165, 1.54) is 19.3 Å². The van der Waals surface area contributed by atoms with Gasteiger partial charge in [-0.25, -0.2) is 0 Å². The summed E-state index contributed by atoms with van der Waals surface area (Å²) in [5.74, 6) is 0.910. The topological polar surface area (TPSA) is 0 Å². The minimum absolute atomic E-state index is 0.509. The normalized spacial score (nSPS) is 26.5. The molecule has 0 fully saturated rings. The van der Waals surface area contributed by atoms with Gasteiger partial charge in [0, 0.05) is 0 Å². The van der Waals surface area contributed by atoms with Crippen molar-refractivity contribution in [1.29, 1.82) is 0 Å². The summed E-state index contributed by atoms with van der Waals surface area (Å²) in [6.45, 7) is 9.33. The van der Waals surface area contributed by atoms with E-state index in [1.807, 2.05) is 0 Å². The fourth-order valence-corrected chi connectivity index (χ4v) is 1.84. The molecule has 1 aliphatic carbocycles. The van der Waals surface area contributed by atoms with E-state index in [0.717, 1.165) is 5.92 Å². The van der Waals surface area contributed by atoms with Crippen LogP contribution in [0.3, 0.4) is 0 Å². The molecule has 1 aliphatic rings. The highest BCUT2D eigenvalue weighted by molar-refractivity contribution is 5.04. The van der Waals surface area contributed by atoms with E-state index in [2.05, 4.69) is 33.8 Å². The highest BCUT2D eigenvalue weighted by Crippen LogP contribution is 2.37. The van der Waals surface area contributed by atoms with Gasteiger partial charge in [0.1, 0.15) is 0 Å². The first-order valence-electron chi connectivity index (χ1n) is 4.66. The second-order valence-electron chi connectivity index (χ2n) is 4.89. The largest absolute Gasteiger partial charge is 0.0856 e. The molecule has 1 unspecified atom stereocenters. The lowest BCUT2D eigenvalue weighted by atomic mass is 9.73. The predicted octanol–water partition coefficient (Wildman–Crippen LogP) is 3.78. The molecule has 0 heteroatoms. The van der Waals surface area contributed by atoms with Crippen LogP contribution in [0.5, 0.6) is 0 Å². The molecule has 0 saturated carbocycles. The van der Waals surface area contributed by atoms with Crippen LogP contribution in [-0.2, 0) is 0 Å². The molecular weight excluding hydrogens is 132 g/mol. The van der Waals surface area contributed by atoms with Gasteiger partial charge in [-0.2, -0.15) is 0 Å². The molecule has 1 rings (SSSR count). The zero-order valence-electron chi connectivity index (χ0n) is 8.28. The van der Waals surface area contributed by atoms with E-state index < -0.39 is 0 Å². The minimum Gasteiger partial charge on any atom is -0.0856 e. The Morgan fingerprint density at radius 1 is 1.36 bits per heavy atom. The van der Waals surface area contributed by atoms with Crippen LogP contribution >= 0.6 is 0 Å². The van der Waals surface area contributed by atoms with E-state index in [0.29, 0.717) is 5.41 Å². The van der Waals surface area contributed by atoms with E-state index in [-0.39, 0.29) is 0 Å². The van der Waals surface area contributed by atoms with Gasteiger partial charge >= 0.3 is 0 Å². The molecule has 0 aromatic carbocycles. The van der Waals surface area contributed by atoms with E-state index in [1.54, 1.807) is 5.57 Å². The Morgan fingerprint density at radius 3 is 2.36 bits per heavy atom. The molecule has 0 aromatic heterocycles. The van der Waals surface area contributed by atoms with Gasteiger partial charge in [-0.15, -0.1) is 0 Å². The van der Waals surface area contributed by atoms with Gasteiger partial charge < -0.3 is 0 Å². The molecule has 64 valence electrons. The molecular formula is C11H20. The average Bonchev–Trinajstić information content (AvgIpc) is 1.86. The van der Waals surface area contributed by atoms with Gasteiger partial charge in [-0.1, -0.05) is 32.4 Å². The summed E-state index contributed by atoms with van der Waals surface area (Å²) in [6.07, 6.45) is 6.40. The van der Waals surface area contributed by atoms with Crippen LogP contribution in [0.4, 0.5) is 0 Å². The average molecular weight is 152 g/mol. The van der Waals surface area contributed by atoms with Crippen molar-refractivity contribution in [3.05, 3.63) is 11.6 Å². The number of hydrogen-bond donors (Lipinski definition) is 0. The Hall–Kier alpha value is -0.260. The van der Waals surface area contributed by atoms with Gasteiger partial charge in [0.25, 0.3) is 0 Å². The third-order valence-electron chi connectivity index (χ3n) is 2.80. The quantitative estimate of drug-likeness (QED) is 0.463. The Balaban J connectivity index is 2.58. The van der Waals surface area contributed by atoms with Crippen molar-refractivity contribution in [2.45, 2.75) is 47.0 Å². The summed E-state index contributed by atoms with van der Waals surface area (Å²) in [6, 6.07) is 0. The first-order chi connectivity index (χ1) is 5.00. The predicted molar refractivity (Wildman–Crippen MR) is 50.6 cm³/mol. The Morgan fingerprint density at radius 2 is 2.00 bits per heavy atom. The van der Waals surface area contributed by atoms with Crippen LogP contribution in [-0.4, -0.2) is 0 Å². The van der Waals surface area contributed by atoms with Crippen molar-refractivity contribution in [3.8, 4) is 0 Å². The summed E-state index contributed by atoms with van der Waals surface area (Å²) < 4.78 is 0. The molecule has 0 nitrogen and oxygen atoms in total. The molecule has 0 aromatic rings. The van der Waals surface area contributed by atoms with Crippen molar-refractivity contribution in [2.75, 3.05) is 0 Å². The van der Waals surface area contributed by atoms with Crippen LogP contribution in [0.1, 0.15) is 47.0 Å².